The molecule has 0 aliphatic heterocycles. The minimum Gasteiger partial charge on any atom is -0.467 e. The van der Waals surface area contributed by atoms with Gasteiger partial charge in [0, 0.05) is 6.07 Å². The van der Waals surface area contributed by atoms with Crippen LogP contribution in [-0.4, -0.2) is 11.0 Å². The van der Waals surface area contributed by atoms with E-state index in [1.54, 1.807) is 6.92 Å². The number of benzene rings is 1. The van der Waals surface area contributed by atoms with Gasteiger partial charge in [0.15, 0.2) is 6.10 Å². The molecule has 0 aliphatic carbocycles. The van der Waals surface area contributed by atoms with Crippen molar-refractivity contribution in [2.75, 3.05) is 0 Å². The van der Waals surface area contributed by atoms with Crippen LogP contribution in [0.15, 0.2) is 18.2 Å². The summed E-state index contributed by atoms with van der Waals surface area (Å²) >= 11 is 5.79. The van der Waals surface area contributed by atoms with Gasteiger partial charge in [-0.25, -0.2) is 0 Å². The number of rotatable bonds is 4. The molecule has 0 spiro atoms. The highest BCUT2D eigenvalue weighted by atomic mass is 35.5. The molecular formula is C10H9ClN2O3. The first-order chi connectivity index (χ1) is 7.60. The Balaban J connectivity index is 3.11. The van der Waals surface area contributed by atoms with Crippen molar-refractivity contribution in [3.05, 3.63) is 33.3 Å². The Morgan fingerprint density at radius 3 is 2.88 bits per heavy atom. The molecule has 0 aromatic heterocycles. The van der Waals surface area contributed by atoms with E-state index in [9.17, 15) is 10.1 Å². The molecule has 0 radical (unpaired) electrons. The van der Waals surface area contributed by atoms with E-state index in [-0.39, 0.29) is 16.5 Å². The molecule has 1 rings (SSSR count). The van der Waals surface area contributed by atoms with Crippen molar-refractivity contribution in [1.82, 2.24) is 0 Å². The average Bonchev–Trinajstić information content (AvgIpc) is 2.27. The molecule has 0 N–H and O–H groups in total. The number of halogens is 1. The van der Waals surface area contributed by atoms with E-state index in [2.05, 4.69) is 0 Å². The number of para-hydroxylation sites is 1. The zero-order chi connectivity index (χ0) is 12.1. The average molecular weight is 241 g/mol. The summed E-state index contributed by atoms with van der Waals surface area (Å²) in [4.78, 5) is 10.1. The second-order valence-corrected chi connectivity index (χ2v) is 3.40. The Kier molecular flexibility index (Phi) is 4.09. The number of hydrogen-bond donors (Lipinski definition) is 0. The zero-order valence-corrected chi connectivity index (χ0v) is 9.27. The lowest BCUT2D eigenvalue weighted by atomic mass is 10.2. The number of ether oxygens (including phenoxy) is 1. The molecule has 1 aromatic rings. The van der Waals surface area contributed by atoms with Gasteiger partial charge in [0.25, 0.3) is 0 Å². The first-order valence-electron chi connectivity index (χ1n) is 4.59. The van der Waals surface area contributed by atoms with Crippen LogP contribution in [-0.2, 0) is 0 Å². The Bertz CT molecular complexity index is 442. The smallest absolute Gasteiger partial charge is 0.312 e. The molecule has 16 heavy (non-hydrogen) atoms. The lowest BCUT2D eigenvalue weighted by Crippen LogP contribution is -2.13. The summed E-state index contributed by atoms with van der Waals surface area (Å²) in [6.07, 6.45) is -0.308. The SMILES string of the molecule is CCC(C#N)Oc1c(Cl)cccc1[N+](=O)[O-]. The molecule has 0 fully saturated rings. The fourth-order valence-corrected chi connectivity index (χ4v) is 1.32. The van der Waals surface area contributed by atoms with Crippen LogP contribution in [0.1, 0.15) is 13.3 Å². The molecule has 0 aliphatic rings. The van der Waals surface area contributed by atoms with E-state index < -0.39 is 11.0 Å². The second-order valence-electron chi connectivity index (χ2n) is 2.99. The van der Waals surface area contributed by atoms with Crippen LogP contribution in [0.3, 0.4) is 0 Å². The lowest BCUT2D eigenvalue weighted by molar-refractivity contribution is -0.386. The molecule has 1 unspecified atom stereocenters. The minimum atomic E-state index is -0.737. The molecule has 0 saturated heterocycles. The van der Waals surface area contributed by atoms with Gasteiger partial charge >= 0.3 is 5.69 Å². The van der Waals surface area contributed by atoms with Crippen LogP contribution in [0.2, 0.25) is 5.02 Å². The van der Waals surface area contributed by atoms with Crippen molar-refractivity contribution in [2.45, 2.75) is 19.4 Å². The predicted molar refractivity (Wildman–Crippen MR) is 58.4 cm³/mol. The predicted octanol–water partition coefficient (Wildman–Crippen LogP) is 2.93. The summed E-state index contributed by atoms with van der Waals surface area (Å²) in [7, 11) is 0. The maximum Gasteiger partial charge on any atom is 0.312 e. The van der Waals surface area contributed by atoms with Crippen molar-refractivity contribution in [3.63, 3.8) is 0 Å². The van der Waals surface area contributed by atoms with E-state index in [0.717, 1.165) is 0 Å². The first kappa shape index (κ1) is 12.3. The van der Waals surface area contributed by atoms with E-state index >= 15 is 0 Å². The van der Waals surface area contributed by atoms with Crippen molar-refractivity contribution < 1.29 is 9.66 Å². The van der Waals surface area contributed by atoms with Crippen molar-refractivity contribution in [3.8, 4) is 11.8 Å². The molecule has 84 valence electrons. The van der Waals surface area contributed by atoms with Crippen molar-refractivity contribution >= 4 is 17.3 Å². The summed E-state index contributed by atoms with van der Waals surface area (Å²) in [6, 6.07) is 6.11. The highest BCUT2D eigenvalue weighted by Crippen LogP contribution is 2.35. The van der Waals surface area contributed by atoms with Gasteiger partial charge in [-0.1, -0.05) is 24.6 Å². The van der Waals surface area contributed by atoms with Gasteiger partial charge in [-0.2, -0.15) is 5.26 Å². The quantitative estimate of drug-likeness (QED) is 0.599. The standard InChI is InChI=1S/C10H9ClN2O3/c1-2-7(6-12)16-10-8(11)4-3-5-9(10)13(14)15/h3-5,7H,2H2,1H3. The van der Waals surface area contributed by atoms with Gasteiger partial charge in [0.05, 0.1) is 9.95 Å². The molecule has 0 saturated carbocycles. The molecule has 5 nitrogen and oxygen atoms in total. The Morgan fingerprint density at radius 2 is 2.38 bits per heavy atom. The van der Waals surface area contributed by atoms with Gasteiger partial charge in [0.1, 0.15) is 6.07 Å². The fourth-order valence-electron chi connectivity index (χ4n) is 1.10. The Hall–Kier alpha value is -1.80. The normalized spacial score (nSPS) is 11.6. The summed E-state index contributed by atoms with van der Waals surface area (Å²) in [6.45, 7) is 1.75. The van der Waals surface area contributed by atoms with Crippen LogP contribution >= 0.6 is 11.6 Å². The van der Waals surface area contributed by atoms with Crippen molar-refractivity contribution in [1.29, 1.82) is 5.26 Å². The number of nitro benzene ring substituents is 1. The van der Waals surface area contributed by atoms with Gasteiger partial charge in [-0.3, -0.25) is 10.1 Å². The number of nitrogens with zero attached hydrogens (tertiary/aromatic N) is 2. The summed E-state index contributed by atoms with van der Waals surface area (Å²) in [5, 5.41) is 19.6. The van der Waals surface area contributed by atoms with Gasteiger partial charge in [-0.15, -0.1) is 0 Å². The lowest BCUT2D eigenvalue weighted by Gasteiger charge is -2.11. The van der Waals surface area contributed by atoms with E-state index in [0.29, 0.717) is 6.42 Å². The maximum absolute atomic E-state index is 10.7. The third-order valence-corrected chi connectivity index (χ3v) is 2.22. The molecule has 1 atom stereocenters. The van der Waals surface area contributed by atoms with E-state index in [1.807, 2.05) is 6.07 Å². The minimum absolute atomic E-state index is 0.0532. The van der Waals surface area contributed by atoms with Gasteiger partial charge in [-0.05, 0) is 12.5 Å². The summed E-state index contributed by atoms with van der Waals surface area (Å²) in [5.41, 5.74) is -0.235. The third kappa shape index (κ3) is 2.61. The van der Waals surface area contributed by atoms with Crippen molar-refractivity contribution in [2.24, 2.45) is 0 Å². The fraction of sp³-hybridized carbons (Fsp3) is 0.300. The molecule has 0 heterocycles. The van der Waals surface area contributed by atoms with Crippen LogP contribution in [0.4, 0.5) is 5.69 Å². The Labute approximate surface area is 97.4 Å². The highest BCUT2D eigenvalue weighted by molar-refractivity contribution is 6.32. The van der Waals surface area contributed by atoms with Gasteiger partial charge in [0.2, 0.25) is 5.75 Å². The monoisotopic (exact) mass is 240 g/mol. The number of nitriles is 1. The van der Waals surface area contributed by atoms with E-state index in [4.69, 9.17) is 21.6 Å². The first-order valence-corrected chi connectivity index (χ1v) is 4.97. The number of nitro groups is 1. The van der Waals surface area contributed by atoms with Crippen LogP contribution < -0.4 is 4.74 Å². The van der Waals surface area contributed by atoms with Crippen LogP contribution in [0.5, 0.6) is 5.75 Å². The van der Waals surface area contributed by atoms with E-state index in [1.165, 1.54) is 18.2 Å². The topological polar surface area (TPSA) is 76.2 Å². The molecular weight excluding hydrogens is 232 g/mol. The molecule has 0 bridgehead atoms. The molecule has 0 amide bonds. The summed E-state index contributed by atoms with van der Waals surface area (Å²) < 4.78 is 5.20. The summed E-state index contributed by atoms with van der Waals surface area (Å²) in [5.74, 6) is -0.0532. The van der Waals surface area contributed by atoms with Crippen LogP contribution in [0, 0.1) is 21.4 Å². The van der Waals surface area contributed by atoms with Gasteiger partial charge < -0.3 is 4.74 Å². The molecule has 1 aromatic carbocycles. The Morgan fingerprint density at radius 1 is 1.69 bits per heavy atom. The molecule has 6 heteroatoms. The highest BCUT2D eigenvalue weighted by Gasteiger charge is 2.20. The third-order valence-electron chi connectivity index (χ3n) is 1.92. The second kappa shape index (κ2) is 5.33. The number of hydrogen-bond acceptors (Lipinski definition) is 4. The van der Waals surface area contributed by atoms with Crippen LogP contribution in [0.25, 0.3) is 0 Å². The zero-order valence-electron chi connectivity index (χ0n) is 8.51. The maximum atomic E-state index is 10.7. The largest absolute Gasteiger partial charge is 0.467 e.